The van der Waals surface area contributed by atoms with Gasteiger partial charge in [-0.2, -0.15) is 0 Å². The molecule has 6 nitrogen and oxygen atoms in total. The quantitative estimate of drug-likeness (QED) is 0.0320. The third-order valence-corrected chi connectivity index (χ3v) is 16.3. The molecule has 2 unspecified atom stereocenters. The topological polar surface area (TPSA) is 95.9 Å². The standard InChI is InChI=1S/C73H137NO5/c1-3-5-7-9-11-13-15-42-47-51-55-59-63-67-73(78)79-68-64-60-56-52-48-44-41-39-37-35-33-31-29-27-25-23-21-19-17-18-20-22-24-26-28-30-32-34-36-38-40-43-46-50-54-58-62-66-72(77)74-70(69-75)71(76)65-61-57-53-49-45-16-14-12-10-8-6-4-2/h13,15,17,19,23,25,61,65,70-71,75-76H,3-12,14,16,18,20-22,24,26-60,62-64,66-69H2,1-2H3,(H,74,77)/b15-13-,19-17-,25-23-,65-61+. The Morgan fingerprint density at radius 2 is 0.633 bits per heavy atom. The predicted molar refractivity (Wildman–Crippen MR) is 347 cm³/mol. The Morgan fingerprint density at radius 3 is 0.987 bits per heavy atom. The highest BCUT2D eigenvalue weighted by Crippen LogP contribution is 2.18. The first-order valence-electron chi connectivity index (χ1n) is 35.4. The van der Waals surface area contributed by atoms with Gasteiger partial charge in [-0.15, -0.1) is 0 Å². The molecule has 3 N–H and O–H groups in total. The van der Waals surface area contributed by atoms with Gasteiger partial charge in [0, 0.05) is 12.8 Å². The number of rotatable bonds is 66. The van der Waals surface area contributed by atoms with E-state index in [0.29, 0.717) is 19.4 Å². The molecule has 0 rings (SSSR count). The van der Waals surface area contributed by atoms with Gasteiger partial charge in [0.1, 0.15) is 0 Å². The molecule has 0 radical (unpaired) electrons. The number of unbranched alkanes of at least 4 members (excludes halogenated alkanes) is 49. The SMILES string of the molecule is CCCCCC/C=C\CCCCCCCC(=O)OCCCCCCCCCCCCCCC/C=C\C/C=C\CCCCCCCCCCCCCCCCCCCC(=O)NC(CO)C(O)/C=C/CCCCCCCCCCCC. The number of amides is 1. The number of hydrogen-bond acceptors (Lipinski definition) is 5. The molecular formula is C73H137NO5. The number of hydrogen-bond donors (Lipinski definition) is 3. The molecule has 0 heterocycles. The molecule has 1 amide bonds. The number of ether oxygens (including phenoxy) is 1. The maximum atomic E-state index is 12.5. The zero-order valence-corrected chi connectivity index (χ0v) is 53.1. The van der Waals surface area contributed by atoms with E-state index in [4.69, 9.17) is 4.74 Å². The summed E-state index contributed by atoms with van der Waals surface area (Å²) >= 11 is 0. The van der Waals surface area contributed by atoms with E-state index in [-0.39, 0.29) is 18.5 Å². The van der Waals surface area contributed by atoms with Crippen molar-refractivity contribution >= 4 is 11.9 Å². The Bertz CT molecular complexity index is 1320. The van der Waals surface area contributed by atoms with Crippen LogP contribution >= 0.6 is 0 Å². The molecule has 0 aliphatic heterocycles. The average Bonchev–Trinajstić information content (AvgIpc) is 3.45. The van der Waals surface area contributed by atoms with Crippen LogP contribution in [0.2, 0.25) is 0 Å². The molecule has 6 heteroatoms. The summed E-state index contributed by atoms with van der Waals surface area (Å²) in [5.74, 6) is -0.0557. The first-order chi connectivity index (χ1) is 39.0. The fourth-order valence-electron chi connectivity index (χ4n) is 10.9. The second-order valence-corrected chi connectivity index (χ2v) is 24.2. The molecule has 79 heavy (non-hydrogen) atoms. The number of carbonyl (C=O) groups is 2. The van der Waals surface area contributed by atoms with E-state index < -0.39 is 12.1 Å². The molecule has 0 aromatic carbocycles. The van der Waals surface area contributed by atoms with Gasteiger partial charge in [-0.05, 0) is 89.9 Å². The number of carbonyl (C=O) groups excluding carboxylic acids is 2. The van der Waals surface area contributed by atoms with E-state index in [1.807, 2.05) is 6.08 Å². The summed E-state index contributed by atoms with van der Waals surface area (Å²) in [7, 11) is 0. The molecule has 0 fully saturated rings. The second kappa shape index (κ2) is 68.3. The minimum atomic E-state index is -0.842. The highest BCUT2D eigenvalue weighted by molar-refractivity contribution is 5.76. The second-order valence-electron chi connectivity index (χ2n) is 24.2. The Hall–Kier alpha value is -2.18. The van der Waals surface area contributed by atoms with Crippen LogP contribution in [0.25, 0.3) is 0 Å². The fourth-order valence-corrected chi connectivity index (χ4v) is 10.9. The fraction of sp³-hybridized carbons (Fsp3) is 0.863. The van der Waals surface area contributed by atoms with Gasteiger partial charge in [-0.3, -0.25) is 9.59 Å². The highest BCUT2D eigenvalue weighted by atomic mass is 16.5. The van der Waals surface area contributed by atoms with Crippen LogP contribution in [0.3, 0.4) is 0 Å². The largest absolute Gasteiger partial charge is 0.466 e. The monoisotopic (exact) mass is 1110 g/mol. The van der Waals surface area contributed by atoms with E-state index in [1.54, 1.807) is 6.08 Å². The minimum Gasteiger partial charge on any atom is -0.466 e. The van der Waals surface area contributed by atoms with Crippen molar-refractivity contribution in [2.24, 2.45) is 0 Å². The van der Waals surface area contributed by atoms with Crippen molar-refractivity contribution in [2.45, 2.75) is 392 Å². The van der Waals surface area contributed by atoms with Gasteiger partial charge < -0.3 is 20.3 Å². The van der Waals surface area contributed by atoms with Crippen LogP contribution in [-0.2, 0) is 14.3 Å². The van der Waals surface area contributed by atoms with Crippen LogP contribution < -0.4 is 5.32 Å². The normalized spacial score (nSPS) is 12.8. The van der Waals surface area contributed by atoms with E-state index in [1.165, 1.54) is 302 Å². The van der Waals surface area contributed by atoms with Gasteiger partial charge in [0.25, 0.3) is 0 Å². The summed E-state index contributed by atoms with van der Waals surface area (Å²) in [4.78, 5) is 24.5. The van der Waals surface area contributed by atoms with Gasteiger partial charge in [-0.25, -0.2) is 0 Å². The highest BCUT2D eigenvalue weighted by Gasteiger charge is 2.18. The van der Waals surface area contributed by atoms with Gasteiger partial charge in [0.15, 0.2) is 0 Å². The van der Waals surface area contributed by atoms with E-state index >= 15 is 0 Å². The Balaban J connectivity index is 3.36. The summed E-state index contributed by atoms with van der Waals surface area (Å²) in [6.45, 7) is 4.90. The lowest BCUT2D eigenvalue weighted by Crippen LogP contribution is -2.45. The van der Waals surface area contributed by atoms with E-state index in [9.17, 15) is 19.8 Å². The maximum Gasteiger partial charge on any atom is 0.305 e. The zero-order valence-electron chi connectivity index (χ0n) is 53.1. The molecule has 0 aliphatic carbocycles. The van der Waals surface area contributed by atoms with Crippen LogP contribution in [-0.4, -0.2) is 47.4 Å². The van der Waals surface area contributed by atoms with Crippen molar-refractivity contribution < 1.29 is 24.5 Å². The van der Waals surface area contributed by atoms with Gasteiger partial charge in [0.05, 0.1) is 25.4 Å². The van der Waals surface area contributed by atoms with Crippen molar-refractivity contribution in [3.8, 4) is 0 Å². The molecule has 0 saturated carbocycles. The third-order valence-electron chi connectivity index (χ3n) is 16.3. The van der Waals surface area contributed by atoms with E-state index in [2.05, 4.69) is 55.6 Å². The molecule has 0 aromatic rings. The lowest BCUT2D eigenvalue weighted by molar-refractivity contribution is -0.143. The summed E-state index contributed by atoms with van der Waals surface area (Å²) in [5, 5.41) is 23.1. The first kappa shape index (κ1) is 76.8. The molecular weight excluding hydrogens is 971 g/mol. The Morgan fingerprint density at radius 1 is 0.354 bits per heavy atom. The molecule has 0 spiro atoms. The van der Waals surface area contributed by atoms with Crippen molar-refractivity contribution in [2.75, 3.05) is 13.2 Å². The van der Waals surface area contributed by atoms with Crippen molar-refractivity contribution in [1.82, 2.24) is 5.32 Å². The number of allylic oxidation sites excluding steroid dienone is 7. The lowest BCUT2D eigenvalue weighted by atomic mass is 10.0. The summed E-state index contributed by atoms with van der Waals surface area (Å²) in [6, 6.07) is -0.625. The number of aliphatic hydroxyl groups excluding tert-OH is 2. The summed E-state index contributed by atoms with van der Waals surface area (Å²) in [6.07, 6.45) is 89.2. The Kier molecular flexibility index (Phi) is 66.4. The molecule has 0 aromatic heterocycles. The van der Waals surface area contributed by atoms with Crippen molar-refractivity contribution in [1.29, 1.82) is 0 Å². The van der Waals surface area contributed by atoms with Crippen LogP contribution in [0.5, 0.6) is 0 Å². The van der Waals surface area contributed by atoms with Gasteiger partial charge in [-0.1, -0.05) is 326 Å². The van der Waals surface area contributed by atoms with Crippen LogP contribution in [0.1, 0.15) is 380 Å². The smallest absolute Gasteiger partial charge is 0.305 e. The lowest BCUT2D eigenvalue weighted by Gasteiger charge is -2.20. The van der Waals surface area contributed by atoms with Crippen LogP contribution in [0, 0.1) is 0 Å². The van der Waals surface area contributed by atoms with Crippen molar-refractivity contribution in [3.05, 3.63) is 48.6 Å². The molecule has 464 valence electrons. The molecule has 2 atom stereocenters. The average molecular weight is 1110 g/mol. The molecule has 0 aliphatic rings. The number of esters is 1. The number of aliphatic hydroxyl groups is 2. The van der Waals surface area contributed by atoms with Crippen LogP contribution in [0.4, 0.5) is 0 Å². The van der Waals surface area contributed by atoms with E-state index in [0.717, 1.165) is 51.4 Å². The van der Waals surface area contributed by atoms with Crippen LogP contribution in [0.15, 0.2) is 48.6 Å². The Labute approximate surface area is 493 Å². The third kappa shape index (κ3) is 64.8. The number of nitrogens with one attached hydrogen (secondary N) is 1. The maximum absolute atomic E-state index is 12.5. The molecule has 0 bridgehead atoms. The minimum absolute atomic E-state index is 0.00922. The predicted octanol–water partition coefficient (Wildman–Crippen LogP) is 22.9. The van der Waals surface area contributed by atoms with Gasteiger partial charge >= 0.3 is 5.97 Å². The van der Waals surface area contributed by atoms with Crippen molar-refractivity contribution in [3.63, 3.8) is 0 Å². The summed E-state index contributed by atoms with van der Waals surface area (Å²) < 4.78 is 5.48. The zero-order chi connectivity index (χ0) is 57.1. The van der Waals surface area contributed by atoms with Gasteiger partial charge in [0.2, 0.25) is 5.91 Å². The molecule has 0 saturated heterocycles. The first-order valence-corrected chi connectivity index (χ1v) is 35.4. The summed E-state index contributed by atoms with van der Waals surface area (Å²) in [5.41, 5.74) is 0.